The van der Waals surface area contributed by atoms with E-state index in [1.54, 1.807) is 0 Å². The van der Waals surface area contributed by atoms with E-state index in [9.17, 15) is 5.11 Å². The average Bonchev–Trinajstić information content (AvgIpc) is 3.09. The molecule has 0 radical (unpaired) electrons. The van der Waals surface area contributed by atoms with Gasteiger partial charge in [-0.25, -0.2) is 0 Å². The first-order chi connectivity index (χ1) is 13.9. The first-order valence-electron chi connectivity index (χ1n) is 11.6. The number of benzene rings is 1. The van der Waals surface area contributed by atoms with E-state index in [0.29, 0.717) is 37.1 Å². The van der Waals surface area contributed by atoms with Crippen molar-refractivity contribution in [1.82, 2.24) is 0 Å². The molecule has 2 unspecified atom stereocenters. The highest BCUT2D eigenvalue weighted by Gasteiger charge is 2.42. The van der Waals surface area contributed by atoms with E-state index in [1.807, 2.05) is 19.1 Å². The van der Waals surface area contributed by atoms with E-state index in [4.69, 9.17) is 14.2 Å². The van der Waals surface area contributed by atoms with Gasteiger partial charge in [0.1, 0.15) is 5.75 Å². The molecule has 8 atom stereocenters. The molecule has 1 aromatic rings. The van der Waals surface area contributed by atoms with Gasteiger partial charge in [0.2, 0.25) is 0 Å². The Morgan fingerprint density at radius 3 is 2.62 bits per heavy atom. The molecule has 3 aliphatic rings. The van der Waals surface area contributed by atoms with Gasteiger partial charge in [0.25, 0.3) is 0 Å². The second-order valence-corrected chi connectivity index (χ2v) is 9.84. The molecule has 0 bridgehead atoms. The first kappa shape index (κ1) is 21.1. The summed E-state index contributed by atoms with van der Waals surface area (Å²) in [4.78, 5) is 0. The quantitative estimate of drug-likeness (QED) is 0.737. The smallest absolute Gasteiger partial charge is 0.120 e. The molecule has 4 rings (SSSR count). The summed E-state index contributed by atoms with van der Waals surface area (Å²) in [5, 5.41) is 13.4. The summed E-state index contributed by atoms with van der Waals surface area (Å²) in [5.41, 5.74) is 2.40. The molecule has 1 aliphatic carbocycles. The molecule has 0 aromatic heterocycles. The van der Waals surface area contributed by atoms with Crippen molar-refractivity contribution in [3.05, 3.63) is 29.3 Å². The van der Waals surface area contributed by atoms with E-state index in [0.717, 1.165) is 31.1 Å². The lowest BCUT2D eigenvalue weighted by Gasteiger charge is -2.48. The fraction of sp³-hybridized carbons (Fsp3) is 0.760. The number of fused-ring (bicyclic) bond motifs is 2. The lowest BCUT2D eigenvalue weighted by Crippen LogP contribution is -2.50. The van der Waals surface area contributed by atoms with Crippen LogP contribution in [0.1, 0.15) is 64.5 Å². The van der Waals surface area contributed by atoms with Crippen LogP contribution in [0.25, 0.3) is 0 Å². The number of rotatable bonds is 5. The topological polar surface area (TPSA) is 50.8 Å². The molecule has 162 valence electrons. The third-order valence-corrected chi connectivity index (χ3v) is 7.94. The van der Waals surface area contributed by atoms with Crippen molar-refractivity contribution in [3.8, 4) is 5.75 Å². The Balaban J connectivity index is 1.42. The maximum Gasteiger partial charge on any atom is 0.120 e. The zero-order valence-corrected chi connectivity index (χ0v) is 18.4. The molecule has 0 N–H and O–H groups in total. The predicted molar refractivity (Wildman–Crippen MR) is 111 cm³/mol. The molecule has 1 aromatic carbocycles. The highest BCUT2D eigenvalue weighted by molar-refractivity contribution is 5.36. The van der Waals surface area contributed by atoms with Crippen molar-refractivity contribution < 1.29 is 19.3 Å². The van der Waals surface area contributed by atoms with Gasteiger partial charge >= 0.3 is 0 Å². The van der Waals surface area contributed by atoms with Crippen LogP contribution in [0.2, 0.25) is 0 Å². The van der Waals surface area contributed by atoms with Crippen LogP contribution in [0.3, 0.4) is 0 Å². The van der Waals surface area contributed by atoms with Gasteiger partial charge in [0, 0.05) is 0 Å². The maximum atomic E-state index is 13.4. The molecule has 4 heteroatoms. The van der Waals surface area contributed by atoms with Crippen molar-refractivity contribution in [1.29, 1.82) is 0 Å². The second-order valence-electron chi connectivity index (χ2n) is 9.84. The zero-order valence-electron chi connectivity index (χ0n) is 18.4. The van der Waals surface area contributed by atoms with Crippen LogP contribution in [-0.2, 0) is 22.7 Å². The molecule has 1 saturated carbocycles. The second kappa shape index (κ2) is 8.95. The molecule has 4 nitrogen and oxygen atoms in total. The summed E-state index contributed by atoms with van der Waals surface area (Å²) < 4.78 is 17.7. The lowest BCUT2D eigenvalue weighted by atomic mass is 9.62. The fourth-order valence-electron chi connectivity index (χ4n) is 5.98. The Hall–Kier alpha value is -1.10. The van der Waals surface area contributed by atoms with Crippen LogP contribution >= 0.6 is 0 Å². The Morgan fingerprint density at radius 1 is 1.00 bits per heavy atom. The Morgan fingerprint density at radius 2 is 1.79 bits per heavy atom. The molecular weight excluding hydrogens is 364 g/mol. The maximum absolute atomic E-state index is 13.4. The van der Waals surface area contributed by atoms with Gasteiger partial charge in [-0.05, 0) is 80.0 Å². The SMILES string of the molecule is CC1CC[C@@H]2C(CO1)[C@H]([C@@H](C)[C@H]([O-])[C@@H](C)Oc1ccc3c(c1)COC3)CC[C@H]2C. The summed E-state index contributed by atoms with van der Waals surface area (Å²) in [5.74, 6) is 3.25. The molecule has 2 heterocycles. The van der Waals surface area contributed by atoms with Crippen molar-refractivity contribution in [2.45, 2.75) is 84.9 Å². The van der Waals surface area contributed by atoms with Gasteiger partial charge in [-0.15, -0.1) is 0 Å². The van der Waals surface area contributed by atoms with Crippen LogP contribution < -0.4 is 9.84 Å². The standard InChI is InChI=1S/C25H37O4/c1-15-5-9-23(24-14-28-16(2)6-10-22(15)24)17(3)25(26)18(4)29-21-8-7-19-12-27-13-20(19)11-21/h7-8,11,15-18,22-25H,5-6,9-10,12-14H2,1-4H3/q-1/t15-,16?,17-,18-,22+,23+,24?,25+/m1/s1. The minimum absolute atomic E-state index is 0.0831. The molecule has 1 saturated heterocycles. The van der Waals surface area contributed by atoms with Crippen molar-refractivity contribution in [3.63, 3.8) is 0 Å². The van der Waals surface area contributed by atoms with Crippen molar-refractivity contribution in [2.24, 2.45) is 29.6 Å². The van der Waals surface area contributed by atoms with Crippen LogP contribution in [0, 0.1) is 29.6 Å². The van der Waals surface area contributed by atoms with E-state index in [-0.39, 0.29) is 12.0 Å². The Bertz CT molecular complexity index is 689. The molecule has 0 amide bonds. The molecule has 29 heavy (non-hydrogen) atoms. The van der Waals surface area contributed by atoms with Crippen LogP contribution in [0.5, 0.6) is 5.75 Å². The van der Waals surface area contributed by atoms with Crippen LogP contribution in [-0.4, -0.2) is 24.9 Å². The van der Waals surface area contributed by atoms with Crippen molar-refractivity contribution >= 4 is 0 Å². The minimum atomic E-state index is -0.737. The van der Waals surface area contributed by atoms with Gasteiger partial charge < -0.3 is 19.3 Å². The monoisotopic (exact) mass is 401 g/mol. The van der Waals surface area contributed by atoms with E-state index in [1.165, 1.54) is 24.0 Å². The van der Waals surface area contributed by atoms with Crippen molar-refractivity contribution in [2.75, 3.05) is 6.61 Å². The van der Waals surface area contributed by atoms with Crippen LogP contribution in [0.15, 0.2) is 18.2 Å². The lowest BCUT2D eigenvalue weighted by molar-refractivity contribution is -0.450. The molecule has 0 spiro atoms. The van der Waals surface area contributed by atoms with E-state index in [2.05, 4.69) is 26.8 Å². The van der Waals surface area contributed by atoms with E-state index >= 15 is 0 Å². The normalized spacial score (nSPS) is 35.1. The van der Waals surface area contributed by atoms with Gasteiger partial charge in [-0.2, -0.15) is 0 Å². The van der Waals surface area contributed by atoms with Gasteiger partial charge in [0.05, 0.1) is 32.0 Å². The van der Waals surface area contributed by atoms with E-state index < -0.39 is 6.10 Å². The number of hydrogen-bond donors (Lipinski definition) is 0. The van der Waals surface area contributed by atoms with Gasteiger partial charge in [-0.3, -0.25) is 0 Å². The van der Waals surface area contributed by atoms with Crippen LogP contribution in [0.4, 0.5) is 0 Å². The third kappa shape index (κ3) is 4.50. The van der Waals surface area contributed by atoms with Gasteiger partial charge in [-0.1, -0.05) is 38.4 Å². The summed E-state index contributed by atoms with van der Waals surface area (Å²) in [6, 6.07) is 6.07. The highest BCUT2D eigenvalue weighted by Crippen LogP contribution is 2.46. The minimum Gasteiger partial charge on any atom is -0.849 e. The fourth-order valence-corrected chi connectivity index (χ4v) is 5.98. The Labute approximate surface area is 175 Å². The molecule has 2 fully saturated rings. The third-order valence-electron chi connectivity index (χ3n) is 7.94. The summed E-state index contributed by atoms with van der Waals surface area (Å²) in [7, 11) is 0. The molecule has 2 aliphatic heterocycles. The average molecular weight is 402 g/mol. The Kier molecular flexibility index (Phi) is 6.53. The first-order valence-corrected chi connectivity index (χ1v) is 11.6. The predicted octanol–water partition coefficient (Wildman–Crippen LogP) is 4.33. The summed E-state index contributed by atoms with van der Waals surface area (Å²) in [6.07, 6.45) is 4.02. The largest absolute Gasteiger partial charge is 0.849 e. The number of ether oxygens (including phenoxy) is 3. The summed E-state index contributed by atoms with van der Waals surface area (Å²) in [6.45, 7) is 10.8. The van der Waals surface area contributed by atoms with Gasteiger partial charge in [0.15, 0.2) is 0 Å². The number of hydrogen-bond acceptors (Lipinski definition) is 4. The zero-order chi connectivity index (χ0) is 20.5. The summed E-state index contributed by atoms with van der Waals surface area (Å²) >= 11 is 0. The highest BCUT2D eigenvalue weighted by atomic mass is 16.5. The molecular formula is C25H37O4-.